The second-order valence-corrected chi connectivity index (χ2v) is 9.97. The van der Waals surface area contributed by atoms with E-state index in [0.29, 0.717) is 21.3 Å². The smallest absolute Gasteiger partial charge is 0.251 e. The number of hydrogen-bond donors (Lipinski definition) is 1. The minimum atomic E-state index is -3.51. The third-order valence-corrected chi connectivity index (χ3v) is 6.45. The van der Waals surface area contributed by atoms with Gasteiger partial charge >= 0.3 is 0 Å². The summed E-state index contributed by atoms with van der Waals surface area (Å²) < 4.78 is 26.0. The Hall–Kier alpha value is -2.54. The Labute approximate surface area is 192 Å². The Balaban J connectivity index is 1.73. The minimum absolute atomic E-state index is 0.208. The van der Waals surface area contributed by atoms with Crippen LogP contribution in [-0.4, -0.2) is 20.6 Å². The largest absolute Gasteiger partial charge is 0.348 e. The SMILES string of the molecule is Cc1ccc(CN(c2ccc(C(=O)NCc3ccc(Cl)cc3Cl)cc2)S(C)(=O)=O)cc1. The number of rotatable bonds is 7. The number of halogens is 2. The van der Waals surface area contributed by atoms with E-state index in [1.165, 1.54) is 4.31 Å². The van der Waals surface area contributed by atoms with Gasteiger partial charge in [0.15, 0.2) is 0 Å². The van der Waals surface area contributed by atoms with Gasteiger partial charge in [0, 0.05) is 22.2 Å². The Kier molecular flexibility index (Phi) is 7.26. The number of hydrogen-bond acceptors (Lipinski definition) is 3. The van der Waals surface area contributed by atoms with Crippen molar-refractivity contribution in [3.8, 4) is 0 Å². The van der Waals surface area contributed by atoms with Gasteiger partial charge in [-0.2, -0.15) is 0 Å². The maximum absolute atomic E-state index is 12.5. The molecule has 0 spiro atoms. The molecule has 8 heteroatoms. The highest BCUT2D eigenvalue weighted by Crippen LogP contribution is 2.23. The predicted molar refractivity (Wildman–Crippen MR) is 126 cm³/mol. The van der Waals surface area contributed by atoms with Gasteiger partial charge in [0.2, 0.25) is 10.0 Å². The van der Waals surface area contributed by atoms with Crippen molar-refractivity contribution in [2.75, 3.05) is 10.6 Å². The van der Waals surface area contributed by atoms with E-state index in [2.05, 4.69) is 5.32 Å². The van der Waals surface area contributed by atoms with E-state index in [1.54, 1.807) is 42.5 Å². The minimum Gasteiger partial charge on any atom is -0.348 e. The lowest BCUT2D eigenvalue weighted by molar-refractivity contribution is 0.0951. The lowest BCUT2D eigenvalue weighted by Crippen LogP contribution is -2.29. The van der Waals surface area contributed by atoms with Gasteiger partial charge in [0.1, 0.15) is 0 Å². The van der Waals surface area contributed by atoms with Crippen LogP contribution >= 0.6 is 23.2 Å². The molecule has 1 N–H and O–H groups in total. The van der Waals surface area contributed by atoms with Crippen LogP contribution in [0.4, 0.5) is 5.69 Å². The molecule has 3 aromatic carbocycles. The fourth-order valence-electron chi connectivity index (χ4n) is 2.98. The van der Waals surface area contributed by atoms with Gasteiger partial charge < -0.3 is 5.32 Å². The number of amides is 1. The first-order chi connectivity index (χ1) is 14.6. The molecule has 3 aromatic rings. The van der Waals surface area contributed by atoms with Crippen molar-refractivity contribution in [2.45, 2.75) is 20.0 Å². The Morgan fingerprint density at radius 2 is 1.61 bits per heavy atom. The highest BCUT2D eigenvalue weighted by atomic mass is 35.5. The highest BCUT2D eigenvalue weighted by molar-refractivity contribution is 7.92. The second kappa shape index (κ2) is 9.73. The fourth-order valence-corrected chi connectivity index (χ4v) is 4.34. The van der Waals surface area contributed by atoms with Gasteiger partial charge in [-0.3, -0.25) is 9.10 Å². The normalized spacial score (nSPS) is 11.2. The fraction of sp³-hybridized carbons (Fsp3) is 0.174. The van der Waals surface area contributed by atoms with Crippen LogP contribution in [0.25, 0.3) is 0 Å². The van der Waals surface area contributed by atoms with Crippen molar-refractivity contribution >= 4 is 44.8 Å². The Morgan fingerprint density at radius 3 is 2.19 bits per heavy atom. The molecule has 0 aliphatic rings. The zero-order valence-electron chi connectivity index (χ0n) is 17.1. The lowest BCUT2D eigenvalue weighted by atomic mass is 10.1. The number of sulfonamides is 1. The summed E-state index contributed by atoms with van der Waals surface area (Å²) in [6.45, 7) is 2.43. The summed E-state index contributed by atoms with van der Waals surface area (Å²) in [7, 11) is -3.51. The number of nitrogens with one attached hydrogen (secondary N) is 1. The molecule has 0 aromatic heterocycles. The molecule has 0 saturated heterocycles. The average molecular weight is 477 g/mol. The molecule has 0 atom stereocenters. The van der Waals surface area contributed by atoms with E-state index in [9.17, 15) is 13.2 Å². The van der Waals surface area contributed by atoms with Gasteiger partial charge in [-0.05, 0) is 54.4 Å². The molecule has 31 heavy (non-hydrogen) atoms. The maximum atomic E-state index is 12.5. The van der Waals surface area contributed by atoms with Crippen molar-refractivity contribution in [1.29, 1.82) is 0 Å². The monoisotopic (exact) mass is 476 g/mol. The third kappa shape index (κ3) is 6.23. The standard InChI is InChI=1S/C23H22Cl2N2O3S/c1-16-3-5-17(6-4-16)15-27(31(2,29)30)21-11-8-18(9-12-21)23(28)26-14-19-7-10-20(24)13-22(19)25/h3-13H,14-15H2,1-2H3,(H,26,28). The van der Waals surface area contributed by atoms with Crippen LogP contribution in [0, 0.1) is 6.92 Å². The topological polar surface area (TPSA) is 66.5 Å². The van der Waals surface area contributed by atoms with E-state index in [4.69, 9.17) is 23.2 Å². The predicted octanol–water partition coefficient (Wildman–Crippen LogP) is 5.20. The Bertz CT molecular complexity index is 1180. The van der Waals surface area contributed by atoms with E-state index < -0.39 is 10.0 Å². The summed E-state index contributed by atoms with van der Waals surface area (Å²) >= 11 is 12.0. The van der Waals surface area contributed by atoms with Crippen LogP contribution in [0.2, 0.25) is 10.0 Å². The van der Waals surface area contributed by atoms with Crippen LogP contribution in [0.1, 0.15) is 27.0 Å². The molecule has 0 heterocycles. The molecule has 0 unspecified atom stereocenters. The van der Waals surface area contributed by atoms with Crippen LogP contribution in [0.15, 0.2) is 66.7 Å². The molecule has 0 aliphatic heterocycles. The number of carbonyl (C=O) groups excluding carboxylic acids is 1. The zero-order chi connectivity index (χ0) is 22.6. The van der Waals surface area contributed by atoms with Crippen molar-refractivity contribution in [1.82, 2.24) is 5.32 Å². The van der Waals surface area contributed by atoms with E-state index in [0.717, 1.165) is 22.9 Å². The molecule has 1 amide bonds. The number of benzene rings is 3. The van der Waals surface area contributed by atoms with Crippen LogP contribution in [-0.2, 0) is 23.1 Å². The van der Waals surface area contributed by atoms with E-state index in [-0.39, 0.29) is 19.0 Å². The molecule has 0 saturated carbocycles. The summed E-state index contributed by atoms with van der Waals surface area (Å²) in [4.78, 5) is 12.5. The van der Waals surface area contributed by atoms with Gasteiger partial charge in [0.25, 0.3) is 5.91 Å². The first-order valence-electron chi connectivity index (χ1n) is 9.49. The van der Waals surface area contributed by atoms with Crippen LogP contribution < -0.4 is 9.62 Å². The van der Waals surface area contributed by atoms with Crippen molar-refractivity contribution in [3.05, 3.63) is 99.0 Å². The van der Waals surface area contributed by atoms with Crippen molar-refractivity contribution < 1.29 is 13.2 Å². The summed E-state index contributed by atoms with van der Waals surface area (Å²) in [5, 5.41) is 3.80. The van der Waals surface area contributed by atoms with Gasteiger partial charge in [-0.25, -0.2) is 8.42 Å². The molecule has 0 fully saturated rings. The first kappa shape index (κ1) is 23.1. The van der Waals surface area contributed by atoms with Gasteiger partial charge in [-0.15, -0.1) is 0 Å². The summed E-state index contributed by atoms with van der Waals surface area (Å²) in [5.41, 5.74) is 3.62. The second-order valence-electron chi connectivity index (χ2n) is 7.22. The van der Waals surface area contributed by atoms with Crippen molar-refractivity contribution in [2.24, 2.45) is 0 Å². The molecule has 0 bridgehead atoms. The quantitative estimate of drug-likeness (QED) is 0.509. The number of aryl methyl sites for hydroxylation is 1. The molecule has 5 nitrogen and oxygen atoms in total. The Morgan fingerprint density at radius 1 is 0.968 bits per heavy atom. The molecule has 3 rings (SSSR count). The van der Waals surface area contributed by atoms with Crippen molar-refractivity contribution in [3.63, 3.8) is 0 Å². The molecule has 0 radical (unpaired) electrons. The molecular formula is C23H22Cl2N2O3S. The first-order valence-corrected chi connectivity index (χ1v) is 12.1. The van der Waals surface area contributed by atoms with E-state index >= 15 is 0 Å². The molecular weight excluding hydrogens is 455 g/mol. The molecule has 0 aliphatic carbocycles. The lowest BCUT2D eigenvalue weighted by Gasteiger charge is -2.23. The third-order valence-electron chi connectivity index (χ3n) is 4.72. The average Bonchev–Trinajstić information content (AvgIpc) is 2.72. The number of anilines is 1. The maximum Gasteiger partial charge on any atom is 0.251 e. The van der Waals surface area contributed by atoms with Gasteiger partial charge in [-0.1, -0.05) is 59.1 Å². The van der Waals surface area contributed by atoms with Gasteiger partial charge in [0.05, 0.1) is 18.5 Å². The number of nitrogens with zero attached hydrogens (tertiary/aromatic N) is 1. The summed E-state index contributed by atoms with van der Waals surface area (Å²) in [6, 6.07) is 19.2. The summed E-state index contributed by atoms with van der Waals surface area (Å²) in [6.07, 6.45) is 1.16. The van der Waals surface area contributed by atoms with Crippen LogP contribution in [0.5, 0.6) is 0 Å². The highest BCUT2D eigenvalue weighted by Gasteiger charge is 2.18. The number of carbonyl (C=O) groups is 1. The van der Waals surface area contributed by atoms with E-state index in [1.807, 2.05) is 31.2 Å². The van der Waals surface area contributed by atoms with Crippen LogP contribution in [0.3, 0.4) is 0 Å². The molecule has 162 valence electrons. The zero-order valence-corrected chi connectivity index (χ0v) is 19.4. The summed E-state index contributed by atoms with van der Waals surface area (Å²) in [5.74, 6) is -0.290.